The average Bonchev–Trinajstić information content (AvgIpc) is 3.55. The molecule has 52 heavy (non-hydrogen) atoms. The summed E-state index contributed by atoms with van der Waals surface area (Å²) in [6, 6.07) is 14.7. The zero-order valence-corrected chi connectivity index (χ0v) is 31.8. The quantitative estimate of drug-likeness (QED) is 0.0822. The van der Waals surface area contributed by atoms with Crippen molar-refractivity contribution < 1.29 is 29.0 Å². The number of aliphatic hydroxyl groups excluding tert-OH is 1. The smallest absolute Gasteiger partial charge is 0.260 e. The lowest BCUT2D eigenvalue weighted by Gasteiger charge is -2.32. The van der Waals surface area contributed by atoms with Crippen LogP contribution in [0.3, 0.4) is 0 Å². The number of nitrogens with zero attached hydrogens (tertiary/aromatic N) is 5. The van der Waals surface area contributed by atoms with E-state index in [0.29, 0.717) is 48.4 Å². The van der Waals surface area contributed by atoms with Crippen LogP contribution in [0, 0.1) is 6.92 Å². The summed E-state index contributed by atoms with van der Waals surface area (Å²) in [5.41, 5.74) is 4.60. The summed E-state index contributed by atoms with van der Waals surface area (Å²) in [5, 5.41) is 9.27. The second-order valence-electron chi connectivity index (χ2n) is 12.6. The van der Waals surface area contributed by atoms with Crippen LogP contribution in [-0.4, -0.2) is 103 Å². The number of likely N-dealkylation sites (N-methyl/N-ethyl adjacent to an activating group) is 1. The van der Waals surface area contributed by atoms with Crippen LogP contribution >= 0.6 is 24.8 Å². The monoisotopic (exact) mass is 754 g/mol. The molecule has 12 nitrogen and oxygen atoms in total. The lowest BCUT2D eigenvalue weighted by atomic mass is 9.98. The lowest BCUT2D eigenvalue weighted by molar-refractivity contribution is -0.132. The molecule has 1 aliphatic heterocycles. The number of methoxy groups -OCH3 is 1. The number of aliphatic imine (C=N–C) groups is 1. The van der Waals surface area contributed by atoms with Gasteiger partial charge >= 0.3 is 0 Å². The van der Waals surface area contributed by atoms with Crippen molar-refractivity contribution in [2.24, 2.45) is 4.99 Å². The molecule has 2 amide bonds. The van der Waals surface area contributed by atoms with Crippen LogP contribution in [0.25, 0.3) is 22.2 Å². The predicted molar refractivity (Wildman–Crippen MR) is 208 cm³/mol. The minimum Gasteiger partial charge on any atom is -0.494 e. The van der Waals surface area contributed by atoms with E-state index in [4.69, 9.17) is 14.5 Å². The van der Waals surface area contributed by atoms with Gasteiger partial charge in [-0.3, -0.25) is 9.59 Å². The molecule has 1 saturated heterocycles. The number of isocyanates is 1. The Morgan fingerprint density at radius 2 is 1.79 bits per heavy atom. The fourth-order valence-electron chi connectivity index (χ4n) is 6.24. The van der Waals surface area contributed by atoms with Crippen molar-refractivity contribution in [3.63, 3.8) is 0 Å². The number of piperazine rings is 1. The molecule has 0 bridgehead atoms. The second kappa shape index (κ2) is 20.0. The number of nitrogens with one attached hydrogen (secondary N) is 1. The number of halogens is 2. The van der Waals surface area contributed by atoms with Crippen LogP contribution < -0.4 is 14.4 Å². The Bertz CT molecular complexity index is 1870. The van der Waals surface area contributed by atoms with E-state index in [1.54, 1.807) is 25.3 Å². The van der Waals surface area contributed by atoms with Crippen LogP contribution in [0.15, 0.2) is 53.5 Å². The number of amides is 2. The minimum absolute atomic E-state index is 0. The summed E-state index contributed by atoms with van der Waals surface area (Å²) < 4.78 is 12.0. The van der Waals surface area contributed by atoms with Gasteiger partial charge in [-0.05, 0) is 75.5 Å². The predicted octanol–water partition coefficient (Wildman–Crippen LogP) is 6.27. The van der Waals surface area contributed by atoms with E-state index in [1.807, 2.05) is 48.2 Å². The van der Waals surface area contributed by atoms with E-state index in [0.717, 1.165) is 67.9 Å². The number of anilines is 1. The van der Waals surface area contributed by atoms with Gasteiger partial charge in [-0.15, -0.1) is 24.8 Å². The van der Waals surface area contributed by atoms with Crippen LogP contribution in [0.5, 0.6) is 11.5 Å². The number of aromatic amines is 1. The number of benzene rings is 3. The molecule has 2 heterocycles. The number of imidazole rings is 1. The number of rotatable bonds is 15. The summed E-state index contributed by atoms with van der Waals surface area (Å²) in [7, 11) is 5.19. The van der Waals surface area contributed by atoms with Crippen molar-refractivity contribution in [3.05, 3.63) is 65.5 Å². The Kier molecular flexibility index (Phi) is 16.1. The summed E-state index contributed by atoms with van der Waals surface area (Å²) in [5.74, 6) is 1.34. The zero-order chi connectivity index (χ0) is 35.6. The van der Waals surface area contributed by atoms with Crippen molar-refractivity contribution in [2.45, 2.75) is 45.4 Å². The van der Waals surface area contributed by atoms with Gasteiger partial charge < -0.3 is 34.3 Å². The maximum Gasteiger partial charge on any atom is 0.260 e. The molecule has 0 atom stereocenters. The molecule has 1 aromatic heterocycles. The molecular formula is C38H48Cl2N6O6. The highest BCUT2D eigenvalue weighted by atomic mass is 35.5. The highest BCUT2D eigenvalue weighted by Gasteiger charge is 2.26. The Labute approximate surface area is 317 Å². The van der Waals surface area contributed by atoms with E-state index in [-0.39, 0.29) is 54.3 Å². The van der Waals surface area contributed by atoms with E-state index < -0.39 is 5.91 Å². The zero-order valence-electron chi connectivity index (χ0n) is 30.1. The molecule has 4 aromatic rings. The van der Waals surface area contributed by atoms with Gasteiger partial charge in [-0.2, -0.15) is 4.99 Å². The van der Waals surface area contributed by atoms with Gasteiger partial charge in [0.2, 0.25) is 12.0 Å². The molecule has 5 rings (SSSR count). The molecule has 0 aliphatic carbocycles. The van der Waals surface area contributed by atoms with Crippen molar-refractivity contribution in [1.82, 2.24) is 19.8 Å². The number of aryl methyl sites for hydroxylation is 2. The van der Waals surface area contributed by atoms with Crippen molar-refractivity contribution in [1.29, 1.82) is 0 Å². The number of hydrogen-bond donors (Lipinski definition) is 2. The van der Waals surface area contributed by atoms with Gasteiger partial charge in [0.25, 0.3) is 5.91 Å². The molecule has 14 heteroatoms. The molecule has 0 unspecified atom stereocenters. The number of carbonyl (C=O) groups is 2. The second-order valence-corrected chi connectivity index (χ2v) is 12.6. The van der Waals surface area contributed by atoms with Crippen LogP contribution in [0.2, 0.25) is 0 Å². The van der Waals surface area contributed by atoms with Gasteiger partial charge in [0, 0.05) is 63.8 Å². The van der Waals surface area contributed by atoms with Crippen molar-refractivity contribution in [2.75, 3.05) is 65.5 Å². The SMILES string of the molecule is COc1c(-c2cccc3[nH]c(CCCO)nc23)ccc(C(=O)N(C)c2ccc(C)cc2OCCCCCC(=O)N2CCN(C)CC2)c1N=C=O.Cl.Cl. The van der Waals surface area contributed by atoms with Crippen LogP contribution in [0.4, 0.5) is 11.4 Å². The number of para-hydroxylation sites is 1. The first-order valence-electron chi connectivity index (χ1n) is 17.1. The molecule has 2 N–H and O–H groups in total. The topological polar surface area (TPSA) is 141 Å². The standard InChI is InChI=1S/C38H46N6O6.2ClH/c1-26-14-17-31(32(24-26)50-23-7-5-6-13-34(47)44-20-18-42(2)19-21-44)43(3)38(48)29-16-15-28(37(49-4)36(29)39-25-46)27-10-8-11-30-35(27)41-33(40-30)12-9-22-45;;/h8,10-11,14-17,24,45H,5-7,9,12-13,18-23H2,1-4H3,(H,40,41);2*1H. The number of aliphatic hydroxyl groups is 1. The average molecular weight is 756 g/mol. The largest absolute Gasteiger partial charge is 0.494 e. The molecule has 0 spiro atoms. The number of fused-ring (bicyclic) bond motifs is 1. The highest BCUT2D eigenvalue weighted by Crippen LogP contribution is 2.43. The number of carbonyl (C=O) groups excluding carboxylic acids is 3. The van der Waals surface area contributed by atoms with Crippen molar-refractivity contribution in [3.8, 4) is 22.6 Å². The highest BCUT2D eigenvalue weighted by molar-refractivity contribution is 6.11. The number of H-pyrrole nitrogens is 1. The molecule has 3 aromatic carbocycles. The van der Waals surface area contributed by atoms with Gasteiger partial charge in [0.05, 0.1) is 36.0 Å². The summed E-state index contributed by atoms with van der Waals surface area (Å²) in [6.45, 7) is 5.85. The Hall–Kier alpha value is -4.45. The summed E-state index contributed by atoms with van der Waals surface area (Å²) in [6.07, 6.45) is 5.71. The third kappa shape index (κ3) is 9.90. The number of unbranched alkanes of at least 4 members (excludes halogenated alkanes) is 2. The van der Waals surface area contributed by atoms with Gasteiger partial charge in [-0.25, -0.2) is 9.78 Å². The van der Waals surface area contributed by atoms with Crippen molar-refractivity contribution >= 4 is 65.1 Å². The first kappa shape index (κ1) is 42.0. The Morgan fingerprint density at radius 1 is 1.02 bits per heavy atom. The normalized spacial score (nSPS) is 12.8. The van der Waals surface area contributed by atoms with Gasteiger partial charge in [0.1, 0.15) is 17.3 Å². The van der Waals surface area contributed by atoms with E-state index in [1.165, 1.54) is 12.0 Å². The Balaban J connectivity index is 0.00000364. The number of aromatic nitrogens is 2. The molecule has 1 fully saturated rings. The minimum atomic E-state index is -0.413. The maximum absolute atomic E-state index is 14.1. The van der Waals surface area contributed by atoms with Gasteiger partial charge in [-0.1, -0.05) is 18.2 Å². The number of hydrogen-bond acceptors (Lipinski definition) is 9. The van der Waals surface area contributed by atoms with E-state index in [9.17, 15) is 19.5 Å². The third-order valence-electron chi connectivity index (χ3n) is 9.08. The Morgan fingerprint density at radius 3 is 2.50 bits per heavy atom. The molecular weight excluding hydrogens is 707 g/mol. The maximum atomic E-state index is 14.1. The molecule has 0 radical (unpaired) electrons. The molecule has 0 saturated carbocycles. The summed E-state index contributed by atoms with van der Waals surface area (Å²) in [4.78, 5) is 56.0. The van der Waals surface area contributed by atoms with Gasteiger partial charge in [0.15, 0.2) is 5.75 Å². The van der Waals surface area contributed by atoms with E-state index >= 15 is 0 Å². The first-order chi connectivity index (χ1) is 24.2. The third-order valence-corrected chi connectivity index (χ3v) is 9.08. The molecule has 280 valence electrons. The fourth-order valence-corrected chi connectivity index (χ4v) is 6.24. The molecule has 1 aliphatic rings. The van der Waals surface area contributed by atoms with Crippen LogP contribution in [-0.2, 0) is 16.0 Å². The van der Waals surface area contributed by atoms with E-state index in [2.05, 4.69) is 21.9 Å². The lowest BCUT2D eigenvalue weighted by Crippen LogP contribution is -2.47. The fraction of sp³-hybridized carbons (Fsp3) is 0.421. The summed E-state index contributed by atoms with van der Waals surface area (Å²) >= 11 is 0. The first-order valence-corrected chi connectivity index (χ1v) is 17.1. The number of ether oxygens (including phenoxy) is 2. The van der Waals surface area contributed by atoms with Crippen LogP contribution in [0.1, 0.15) is 53.8 Å².